The first-order valence-corrected chi connectivity index (χ1v) is 5.75. The van der Waals surface area contributed by atoms with Gasteiger partial charge in [0.1, 0.15) is 0 Å². The number of hydrogen-bond donors (Lipinski definition) is 0. The van der Waals surface area contributed by atoms with Crippen LogP contribution in [0.4, 0.5) is 0 Å². The van der Waals surface area contributed by atoms with Gasteiger partial charge in [-0.05, 0) is 43.6 Å². The van der Waals surface area contributed by atoms with Crippen LogP contribution in [0.25, 0.3) is 0 Å². The maximum absolute atomic E-state index is 2.58. The summed E-state index contributed by atoms with van der Waals surface area (Å²) in [5, 5.41) is 0. The topological polar surface area (TPSA) is 3.24 Å². The molecule has 1 aliphatic carbocycles. The molecule has 0 N–H and O–H groups in total. The lowest BCUT2D eigenvalue weighted by Crippen LogP contribution is -2.47. The van der Waals surface area contributed by atoms with Crippen LogP contribution in [0.3, 0.4) is 0 Å². The Bertz CT molecular complexity index is 193. The fraction of sp³-hybridized carbons (Fsp3) is 1.00. The van der Waals surface area contributed by atoms with Crippen molar-refractivity contribution in [2.24, 2.45) is 17.3 Å². The predicted molar refractivity (Wildman–Crippen MR) is 56.7 cm³/mol. The van der Waals surface area contributed by atoms with Crippen molar-refractivity contribution >= 4 is 0 Å². The summed E-state index contributed by atoms with van der Waals surface area (Å²) in [7, 11) is 2.30. The molecule has 0 bridgehead atoms. The summed E-state index contributed by atoms with van der Waals surface area (Å²) in [6.07, 6.45) is 4.47. The fourth-order valence-electron chi connectivity index (χ4n) is 3.14. The van der Waals surface area contributed by atoms with Crippen LogP contribution in [0, 0.1) is 17.3 Å². The highest BCUT2D eigenvalue weighted by Gasteiger charge is 2.52. The molecule has 1 saturated carbocycles. The van der Waals surface area contributed by atoms with Gasteiger partial charge in [-0.3, -0.25) is 0 Å². The molecule has 1 heteroatoms. The molecule has 0 amide bonds. The molecular weight excluding hydrogens is 158 g/mol. The van der Waals surface area contributed by atoms with Crippen molar-refractivity contribution in [2.45, 2.75) is 46.1 Å². The van der Waals surface area contributed by atoms with E-state index in [0.29, 0.717) is 0 Å². The summed E-state index contributed by atoms with van der Waals surface area (Å²) >= 11 is 0. The van der Waals surface area contributed by atoms with Crippen LogP contribution in [0.1, 0.15) is 40.0 Å². The number of piperidine rings is 1. The maximum atomic E-state index is 2.58. The number of rotatable bonds is 1. The Morgan fingerprint density at radius 1 is 1.31 bits per heavy atom. The first kappa shape index (κ1) is 9.51. The summed E-state index contributed by atoms with van der Waals surface area (Å²) in [6.45, 7) is 8.50. The first-order chi connectivity index (χ1) is 6.05. The molecule has 2 aliphatic rings. The molecular formula is C12H23N. The third-order valence-corrected chi connectivity index (χ3v) is 4.45. The maximum Gasteiger partial charge on any atom is 0.0121 e. The highest BCUT2D eigenvalue weighted by Crippen LogP contribution is 2.58. The van der Waals surface area contributed by atoms with Crippen molar-refractivity contribution < 1.29 is 0 Å². The van der Waals surface area contributed by atoms with Crippen LogP contribution < -0.4 is 0 Å². The van der Waals surface area contributed by atoms with Crippen molar-refractivity contribution in [3.63, 3.8) is 0 Å². The van der Waals surface area contributed by atoms with Crippen molar-refractivity contribution in [1.29, 1.82) is 0 Å². The predicted octanol–water partition coefficient (Wildman–Crippen LogP) is 2.76. The van der Waals surface area contributed by atoms with Crippen LogP contribution in [0.2, 0.25) is 0 Å². The monoisotopic (exact) mass is 181 g/mol. The lowest BCUT2D eigenvalue weighted by atomic mass is 9.77. The van der Waals surface area contributed by atoms with E-state index in [9.17, 15) is 0 Å². The SMILES string of the molecule is CC(C)[C@@H]1CC2(CC2)C(C)CN1C. The summed E-state index contributed by atoms with van der Waals surface area (Å²) < 4.78 is 0. The van der Waals surface area contributed by atoms with E-state index in [1.165, 1.54) is 25.8 Å². The van der Waals surface area contributed by atoms with Gasteiger partial charge >= 0.3 is 0 Å². The minimum atomic E-state index is 0.779. The molecule has 1 saturated heterocycles. The molecule has 0 aromatic heterocycles. The van der Waals surface area contributed by atoms with Gasteiger partial charge in [0.25, 0.3) is 0 Å². The Balaban J connectivity index is 2.06. The van der Waals surface area contributed by atoms with E-state index < -0.39 is 0 Å². The molecule has 1 spiro atoms. The van der Waals surface area contributed by atoms with Gasteiger partial charge in [-0.15, -0.1) is 0 Å². The normalized spacial score (nSPS) is 38.5. The number of hydrogen-bond acceptors (Lipinski definition) is 1. The third kappa shape index (κ3) is 1.52. The standard InChI is InChI=1S/C12H23N/c1-9(2)11-7-12(5-6-12)10(3)8-13(11)4/h9-11H,5-8H2,1-4H3/t10?,11-/m0/s1. The van der Waals surface area contributed by atoms with Crippen molar-refractivity contribution in [3.8, 4) is 0 Å². The molecule has 2 fully saturated rings. The Kier molecular flexibility index (Phi) is 2.18. The molecule has 2 rings (SSSR count). The summed E-state index contributed by atoms with van der Waals surface area (Å²) in [4.78, 5) is 2.58. The van der Waals surface area contributed by atoms with Gasteiger partial charge in [-0.2, -0.15) is 0 Å². The van der Waals surface area contributed by atoms with Gasteiger partial charge < -0.3 is 4.90 Å². The summed E-state index contributed by atoms with van der Waals surface area (Å²) in [5.41, 5.74) is 0.779. The molecule has 0 radical (unpaired) electrons. The van der Waals surface area contributed by atoms with E-state index >= 15 is 0 Å². The van der Waals surface area contributed by atoms with Gasteiger partial charge in [0.2, 0.25) is 0 Å². The van der Waals surface area contributed by atoms with Crippen LogP contribution in [-0.4, -0.2) is 24.5 Å². The van der Waals surface area contributed by atoms with E-state index in [4.69, 9.17) is 0 Å². The molecule has 2 atom stereocenters. The van der Waals surface area contributed by atoms with Crippen LogP contribution in [-0.2, 0) is 0 Å². The van der Waals surface area contributed by atoms with Gasteiger partial charge in [0, 0.05) is 12.6 Å². The third-order valence-electron chi connectivity index (χ3n) is 4.45. The number of nitrogens with zero attached hydrogens (tertiary/aromatic N) is 1. The summed E-state index contributed by atoms with van der Waals surface area (Å²) in [5.74, 6) is 1.77. The first-order valence-electron chi connectivity index (χ1n) is 5.75. The highest BCUT2D eigenvalue weighted by molar-refractivity contribution is 5.03. The van der Waals surface area contributed by atoms with E-state index in [1.807, 2.05) is 0 Å². The highest BCUT2D eigenvalue weighted by atomic mass is 15.2. The van der Waals surface area contributed by atoms with Crippen LogP contribution >= 0.6 is 0 Å². The van der Waals surface area contributed by atoms with Gasteiger partial charge in [-0.1, -0.05) is 20.8 Å². The molecule has 1 aliphatic heterocycles. The van der Waals surface area contributed by atoms with Crippen molar-refractivity contribution in [2.75, 3.05) is 13.6 Å². The van der Waals surface area contributed by atoms with Crippen molar-refractivity contribution in [1.82, 2.24) is 4.90 Å². The van der Waals surface area contributed by atoms with E-state index in [2.05, 4.69) is 32.7 Å². The average Bonchev–Trinajstić information content (AvgIpc) is 2.78. The van der Waals surface area contributed by atoms with Gasteiger partial charge in [0.15, 0.2) is 0 Å². The Morgan fingerprint density at radius 3 is 2.38 bits per heavy atom. The molecule has 76 valence electrons. The minimum Gasteiger partial charge on any atom is -0.303 e. The van der Waals surface area contributed by atoms with Crippen LogP contribution in [0.15, 0.2) is 0 Å². The van der Waals surface area contributed by atoms with E-state index in [0.717, 1.165) is 23.3 Å². The minimum absolute atomic E-state index is 0.779. The summed E-state index contributed by atoms with van der Waals surface area (Å²) in [6, 6.07) is 0.846. The quantitative estimate of drug-likeness (QED) is 0.601. The Labute approximate surface area is 82.5 Å². The zero-order chi connectivity index (χ0) is 9.64. The molecule has 1 nitrogen and oxygen atoms in total. The smallest absolute Gasteiger partial charge is 0.0121 e. The largest absolute Gasteiger partial charge is 0.303 e. The molecule has 0 aromatic rings. The van der Waals surface area contributed by atoms with Gasteiger partial charge in [-0.25, -0.2) is 0 Å². The zero-order valence-electron chi connectivity index (χ0n) is 9.51. The Hall–Kier alpha value is -0.0400. The average molecular weight is 181 g/mol. The van der Waals surface area contributed by atoms with E-state index in [1.54, 1.807) is 0 Å². The molecule has 1 heterocycles. The van der Waals surface area contributed by atoms with Crippen molar-refractivity contribution in [3.05, 3.63) is 0 Å². The van der Waals surface area contributed by atoms with Gasteiger partial charge in [0.05, 0.1) is 0 Å². The molecule has 1 unspecified atom stereocenters. The van der Waals surface area contributed by atoms with Crippen LogP contribution in [0.5, 0.6) is 0 Å². The second kappa shape index (κ2) is 2.98. The second-order valence-corrected chi connectivity index (χ2v) is 5.72. The lowest BCUT2D eigenvalue weighted by Gasteiger charge is -2.43. The zero-order valence-corrected chi connectivity index (χ0v) is 9.51. The second-order valence-electron chi connectivity index (χ2n) is 5.72. The fourth-order valence-corrected chi connectivity index (χ4v) is 3.14. The number of likely N-dealkylation sites (tertiary alicyclic amines) is 1. The Morgan fingerprint density at radius 2 is 1.92 bits per heavy atom. The molecule has 0 aromatic carbocycles. The lowest BCUT2D eigenvalue weighted by molar-refractivity contribution is 0.0538. The van der Waals surface area contributed by atoms with E-state index in [-0.39, 0.29) is 0 Å². The molecule has 13 heavy (non-hydrogen) atoms.